The molecule has 9 aliphatic rings. The molecule has 13 atom stereocenters. The predicted molar refractivity (Wildman–Crippen MR) is 332 cm³/mol. The minimum absolute atomic E-state index is 0.00664. The van der Waals surface area contributed by atoms with Crippen LogP contribution in [0.1, 0.15) is 175 Å². The maximum atomic E-state index is 15.9. The molecule has 3 saturated carbocycles. The predicted octanol–water partition coefficient (Wildman–Crippen LogP) is 12.9. The molecular formula is C75H78O12. The van der Waals surface area contributed by atoms with Gasteiger partial charge >= 0.3 is 17.6 Å². The molecule has 3 fully saturated rings. The number of allylic oxidation sites excluding steroid dienone is 3. The molecule has 3 aliphatic heterocycles. The lowest BCUT2D eigenvalue weighted by molar-refractivity contribution is -0.205. The molecule has 450 valence electrons. The molecule has 4 heterocycles. The van der Waals surface area contributed by atoms with Crippen molar-refractivity contribution in [3.8, 4) is 5.75 Å². The van der Waals surface area contributed by atoms with Gasteiger partial charge in [-0.15, -0.1) is 0 Å². The normalized spacial score (nSPS) is 30.5. The van der Waals surface area contributed by atoms with Gasteiger partial charge in [0.1, 0.15) is 18.1 Å². The monoisotopic (exact) mass is 1170 g/mol. The van der Waals surface area contributed by atoms with Crippen molar-refractivity contribution >= 4 is 35.1 Å². The van der Waals surface area contributed by atoms with Crippen molar-refractivity contribution in [2.45, 2.75) is 144 Å². The molecule has 0 amide bonds. The molecule has 2 bridgehead atoms. The van der Waals surface area contributed by atoms with Gasteiger partial charge < -0.3 is 43.8 Å². The highest BCUT2D eigenvalue weighted by Crippen LogP contribution is 2.63. The molecule has 15 rings (SSSR count). The van der Waals surface area contributed by atoms with Crippen LogP contribution in [0.5, 0.6) is 5.75 Å². The molecule has 1 aromatic heterocycles. The van der Waals surface area contributed by atoms with Gasteiger partial charge in [-0.25, -0.2) is 9.59 Å². The summed E-state index contributed by atoms with van der Waals surface area (Å²) < 4.78 is 33.8. The first-order chi connectivity index (χ1) is 42.5. The Kier molecular flexibility index (Phi) is 15.7. The lowest BCUT2D eigenvalue weighted by atomic mass is 9.56. The quantitative estimate of drug-likeness (QED) is 0.0335. The van der Waals surface area contributed by atoms with E-state index in [1.165, 1.54) is 34.2 Å². The highest BCUT2D eigenvalue weighted by molar-refractivity contribution is 5.91. The molecule has 0 radical (unpaired) electrons. The Labute approximate surface area is 508 Å². The minimum Gasteiger partial charge on any atom is -0.482 e. The van der Waals surface area contributed by atoms with Gasteiger partial charge in [-0.1, -0.05) is 146 Å². The fourth-order valence-corrected chi connectivity index (χ4v) is 17.9. The molecule has 6 aliphatic carbocycles. The van der Waals surface area contributed by atoms with E-state index in [1.54, 1.807) is 19.1 Å². The third-order valence-corrected chi connectivity index (χ3v) is 22.0. The van der Waals surface area contributed by atoms with Gasteiger partial charge in [0, 0.05) is 53.2 Å². The van der Waals surface area contributed by atoms with Gasteiger partial charge in [0.15, 0.2) is 17.8 Å². The largest absolute Gasteiger partial charge is 0.482 e. The summed E-state index contributed by atoms with van der Waals surface area (Å²) in [6.07, 6.45) is 19.9. The lowest BCUT2D eigenvalue weighted by Crippen LogP contribution is -2.61. The van der Waals surface area contributed by atoms with Gasteiger partial charge in [-0.05, 0) is 174 Å². The van der Waals surface area contributed by atoms with E-state index < -0.39 is 54.7 Å². The van der Waals surface area contributed by atoms with Crippen LogP contribution in [0.3, 0.4) is 0 Å². The number of aryl methyl sites for hydroxylation is 1. The molecule has 0 saturated heterocycles. The van der Waals surface area contributed by atoms with E-state index in [-0.39, 0.29) is 108 Å². The SMILES string of the molecule is CC(CO)=C1CCc2ccc(cc2)C2CCC(c3cccc(C45CCCCC4C=Cc4ccccc45)c3)CC2CC(=O)OC2c3c(ccc4c(CO)c(C(CCO)COCO)c(=O)oc34)OC3(CC=CC4C5C=Cc6ccccc6C5CC43)C2OC1=O. The van der Waals surface area contributed by atoms with E-state index in [2.05, 4.69) is 134 Å². The van der Waals surface area contributed by atoms with Crippen LogP contribution in [0.4, 0.5) is 0 Å². The number of carbonyl (C=O) groups excluding carboxylic acids is 2. The van der Waals surface area contributed by atoms with Crippen molar-refractivity contribution in [3.63, 3.8) is 0 Å². The topological polar surface area (TPSA) is 182 Å². The van der Waals surface area contributed by atoms with Crippen LogP contribution in [0.25, 0.3) is 23.1 Å². The standard InChI is InChI=1S/C75H78O12/c1-44(40-77)55-27-20-45-18-21-47(22-19-45)56-28-25-50(49-12-8-14-54(37-49)74-33-7-6-13-53(74)26-23-48-11-3-5-17-63(48)74)36-52(56)38-66(80)84-70-68-65(31-30-60-62(41-78)67(73(82)85-69(60)68)51(32-35-76)42-83-43-79)87-75(71(70)86-72(55)81)34-9-16-59-58-29-24-46-10-2-4-15-57(46)61(58)39-64(59)75/h2-5,8-12,14-19,21-24,26,29-31,37,50-53,56,58-59,61,64,70-71,76-79H,6-7,13,20,25,27-28,32-36,38-43H2,1H3. The maximum absolute atomic E-state index is 15.9. The Morgan fingerprint density at radius 3 is 2.43 bits per heavy atom. The second-order valence-corrected chi connectivity index (χ2v) is 26.2. The smallest absolute Gasteiger partial charge is 0.340 e. The Balaban J connectivity index is 0.911. The van der Waals surface area contributed by atoms with E-state index in [4.69, 9.17) is 23.4 Å². The molecule has 6 aromatic rings. The Morgan fingerprint density at radius 1 is 0.770 bits per heavy atom. The molecule has 1 spiro atoms. The zero-order valence-corrected chi connectivity index (χ0v) is 49.5. The van der Waals surface area contributed by atoms with Gasteiger partial charge in [0.2, 0.25) is 0 Å². The van der Waals surface area contributed by atoms with Crippen molar-refractivity contribution in [2.24, 2.45) is 29.6 Å². The first-order valence-corrected chi connectivity index (χ1v) is 31.9. The summed E-state index contributed by atoms with van der Waals surface area (Å²) in [6.45, 7) is -0.328. The molecule has 4 N–H and O–H groups in total. The van der Waals surface area contributed by atoms with Crippen molar-refractivity contribution in [3.05, 3.63) is 216 Å². The summed E-state index contributed by atoms with van der Waals surface area (Å²) in [7, 11) is 0. The number of benzene rings is 5. The number of hydrogen-bond acceptors (Lipinski definition) is 12. The first kappa shape index (κ1) is 57.5. The number of fused-ring (bicyclic) bond motifs is 20. The average Bonchev–Trinajstić information content (AvgIpc) is 1.75. The van der Waals surface area contributed by atoms with E-state index >= 15 is 9.59 Å². The molecule has 13 unspecified atom stereocenters. The third kappa shape index (κ3) is 9.89. The Hall–Kier alpha value is -7.19. The third-order valence-electron chi connectivity index (χ3n) is 22.0. The summed E-state index contributed by atoms with van der Waals surface area (Å²) in [5, 5.41) is 42.4. The van der Waals surface area contributed by atoms with Crippen LogP contribution >= 0.6 is 0 Å². The van der Waals surface area contributed by atoms with E-state index in [9.17, 15) is 25.2 Å². The highest BCUT2D eigenvalue weighted by atomic mass is 16.6. The summed E-state index contributed by atoms with van der Waals surface area (Å²) in [4.78, 5) is 46.3. The van der Waals surface area contributed by atoms with Gasteiger partial charge in [-0.2, -0.15) is 0 Å². The Morgan fingerprint density at radius 2 is 1.60 bits per heavy atom. The maximum Gasteiger partial charge on any atom is 0.340 e. The van der Waals surface area contributed by atoms with Crippen molar-refractivity contribution in [1.82, 2.24) is 0 Å². The summed E-state index contributed by atoms with van der Waals surface area (Å²) in [5.74, 6) is -1.41. The van der Waals surface area contributed by atoms with E-state index in [0.29, 0.717) is 47.5 Å². The summed E-state index contributed by atoms with van der Waals surface area (Å²) >= 11 is 0. The van der Waals surface area contributed by atoms with Crippen LogP contribution in [0.2, 0.25) is 0 Å². The summed E-state index contributed by atoms with van der Waals surface area (Å²) in [5.41, 5.74) is 8.91. The number of carbonyl (C=O) groups is 2. The first-order valence-electron chi connectivity index (χ1n) is 31.9. The van der Waals surface area contributed by atoms with Gasteiger partial charge in [-0.3, -0.25) is 4.79 Å². The second-order valence-electron chi connectivity index (χ2n) is 26.2. The second kappa shape index (κ2) is 23.7. The lowest BCUT2D eigenvalue weighted by Gasteiger charge is -2.52. The average molecular weight is 1170 g/mol. The van der Waals surface area contributed by atoms with Crippen LogP contribution in [0, 0.1) is 29.6 Å². The number of aliphatic hydroxyl groups is 4. The fraction of sp³-hybridized carbons (Fsp3) is 0.427. The zero-order valence-electron chi connectivity index (χ0n) is 49.5. The van der Waals surface area contributed by atoms with Crippen LogP contribution in [0.15, 0.2) is 154 Å². The van der Waals surface area contributed by atoms with E-state index in [0.717, 1.165) is 55.2 Å². The zero-order chi connectivity index (χ0) is 59.6. The van der Waals surface area contributed by atoms with E-state index in [1.807, 2.05) is 0 Å². The molecule has 5 aromatic carbocycles. The Bertz CT molecular complexity index is 3810. The molecule has 12 nitrogen and oxygen atoms in total. The van der Waals surface area contributed by atoms with Gasteiger partial charge in [0.25, 0.3) is 0 Å². The van der Waals surface area contributed by atoms with Crippen molar-refractivity contribution < 1.29 is 53.4 Å². The number of ether oxygens (including phenoxy) is 4. The van der Waals surface area contributed by atoms with Crippen molar-refractivity contribution in [2.75, 3.05) is 26.6 Å². The fourth-order valence-electron chi connectivity index (χ4n) is 17.9. The highest BCUT2D eigenvalue weighted by Gasteiger charge is 2.64. The van der Waals surface area contributed by atoms with Crippen LogP contribution < -0.4 is 10.4 Å². The minimum atomic E-state index is -1.40. The van der Waals surface area contributed by atoms with Crippen LogP contribution in [-0.4, -0.2) is 70.7 Å². The molecule has 12 heteroatoms. The molecule has 87 heavy (non-hydrogen) atoms. The van der Waals surface area contributed by atoms with Crippen molar-refractivity contribution in [1.29, 1.82) is 0 Å². The number of aliphatic hydroxyl groups excluding tert-OH is 4. The van der Waals surface area contributed by atoms with Crippen LogP contribution in [-0.2, 0) is 42.2 Å². The number of esters is 2. The number of hydrogen-bond donors (Lipinski definition) is 4. The number of rotatable bonds is 10. The molecular weight excluding hydrogens is 1090 g/mol. The van der Waals surface area contributed by atoms with Gasteiger partial charge in [0.05, 0.1) is 25.4 Å². The summed E-state index contributed by atoms with van der Waals surface area (Å²) in [6, 6.07) is 38.9.